The van der Waals surface area contributed by atoms with Crippen LogP contribution in [0, 0.1) is 0 Å². The molecule has 3 atom stereocenters. The lowest BCUT2D eigenvalue weighted by molar-refractivity contribution is -0.137. The summed E-state index contributed by atoms with van der Waals surface area (Å²) in [5, 5.41) is 12.3. The highest BCUT2D eigenvalue weighted by molar-refractivity contribution is 5.69. The number of carbonyl (C=O) groups excluding carboxylic acids is 1. The molecular weight excluding hydrogens is 296 g/mol. The molecule has 2 bridgehead atoms. The number of carboxylic acids is 1. The molecule has 0 aromatic rings. The van der Waals surface area contributed by atoms with Crippen LogP contribution in [-0.4, -0.2) is 51.8 Å². The molecule has 2 saturated heterocycles. The van der Waals surface area contributed by atoms with E-state index in [1.807, 2.05) is 32.6 Å². The quantitative estimate of drug-likeness (QED) is 0.812. The first-order valence-corrected chi connectivity index (χ1v) is 8.65. The molecule has 6 nitrogen and oxygen atoms in total. The molecule has 0 spiro atoms. The van der Waals surface area contributed by atoms with E-state index >= 15 is 0 Å². The number of nitrogens with one attached hydrogen (secondary N) is 1. The molecule has 6 heteroatoms. The van der Waals surface area contributed by atoms with Crippen molar-refractivity contribution in [3.63, 3.8) is 0 Å². The van der Waals surface area contributed by atoms with E-state index in [0.29, 0.717) is 12.5 Å². The number of carboxylic acid groups (broad SMARTS) is 1. The summed E-state index contributed by atoms with van der Waals surface area (Å²) < 4.78 is 5.54. The number of hydrogen-bond donors (Lipinski definition) is 2. The topological polar surface area (TPSA) is 78.9 Å². The van der Waals surface area contributed by atoms with Gasteiger partial charge in [0.1, 0.15) is 5.60 Å². The Hall–Kier alpha value is -1.30. The van der Waals surface area contributed by atoms with E-state index in [0.717, 1.165) is 25.7 Å². The van der Waals surface area contributed by atoms with Crippen LogP contribution in [0.15, 0.2) is 0 Å². The maximum absolute atomic E-state index is 12.4. The molecule has 2 aliphatic heterocycles. The Kier molecular flexibility index (Phi) is 5.55. The lowest BCUT2D eigenvalue weighted by Gasteiger charge is -2.40. The van der Waals surface area contributed by atoms with Crippen LogP contribution in [0.1, 0.15) is 66.2 Å². The van der Waals surface area contributed by atoms with Crippen molar-refractivity contribution >= 4 is 12.1 Å². The molecule has 2 aliphatic rings. The molecule has 0 saturated carbocycles. The second-order valence-electron chi connectivity index (χ2n) is 7.94. The number of ether oxygens (including phenoxy) is 1. The van der Waals surface area contributed by atoms with Gasteiger partial charge in [-0.3, -0.25) is 4.79 Å². The fraction of sp³-hybridized carbons (Fsp3) is 0.882. The first-order valence-electron chi connectivity index (χ1n) is 8.65. The summed E-state index contributed by atoms with van der Waals surface area (Å²) in [7, 11) is 0. The van der Waals surface area contributed by atoms with Gasteiger partial charge in [0, 0.05) is 30.6 Å². The van der Waals surface area contributed by atoms with Crippen molar-refractivity contribution in [2.45, 2.75) is 96.0 Å². The summed E-state index contributed by atoms with van der Waals surface area (Å²) in [4.78, 5) is 25.0. The minimum Gasteiger partial charge on any atom is -0.481 e. The van der Waals surface area contributed by atoms with Gasteiger partial charge < -0.3 is 20.1 Å². The molecule has 23 heavy (non-hydrogen) atoms. The number of amides is 1. The molecule has 0 aromatic carbocycles. The number of piperidine rings is 1. The van der Waals surface area contributed by atoms with Gasteiger partial charge in [-0.2, -0.15) is 0 Å². The van der Waals surface area contributed by atoms with Gasteiger partial charge in [0.2, 0.25) is 0 Å². The molecular formula is C17H30N2O4. The summed E-state index contributed by atoms with van der Waals surface area (Å²) in [6.45, 7) is 7.72. The maximum atomic E-state index is 12.4. The molecule has 1 amide bonds. The van der Waals surface area contributed by atoms with Crippen molar-refractivity contribution in [2.75, 3.05) is 0 Å². The molecule has 2 N–H and O–H groups in total. The van der Waals surface area contributed by atoms with Crippen molar-refractivity contribution in [1.29, 1.82) is 0 Å². The minimum atomic E-state index is -0.751. The van der Waals surface area contributed by atoms with E-state index in [2.05, 4.69) is 5.32 Å². The predicted octanol–water partition coefficient (Wildman–Crippen LogP) is 2.76. The van der Waals surface area contributed by atoms with Crippen molar-refractivity contribution in [3.05, 3.63) is 0 Å². The monoisotopic (exact) mass is 326 g/mol. The Morgan fingerprint density at radius 3 is 2.30 bits per heavy atom. The van der Waals surface area contributed by atoms with Crippen LogP contribution < -0.4 is 5.32 Å². The normalized spacial score (nSPS) is 28.5. The van der Waals surface area contributed by atoms with E-state index in [9.17, 15) is 9.59 Å². The third-order valence-electron chi connectivity index (χ3n) is 4.65. The average Bonchev–Trinajstić information content (AvgIpc) is 2.67. The van der Waals surface area contributed by atoms with Crippen LogP contribution in [0.3, 0.4) is 0 Å². The third kappa shape index (κ3) is 5.09. The van der Waals surface area contributed by atoms with E-state index in [1.165, 1.54) is 0 Å². The standard InChI is InChI=1S/C17H30N2O4/c1-11(5-8-15(20)21)18-12-9-13-6-7-14(10-12)19(13)16(22)23-17(2,3)4/h11-14,18H,5-10H2,1-4H3,(H,20,21). The molecule has 0 aliphatic carbocycles. The van der Waals surface area contributed by atoms with E-state index in [-0.39, 0.29) is 30.6 Å². The van der Waals surface area contributed by atoms with Crippen molar-refractivity contribution in [2.24, 2.45) is 0 Å². The average molecular weight is 326 g/mol. The number of carbonyl (C=O) groups is 2. The van der Waals surface area contributed by atoms with Gasteiger partial charge in [0.15, 0.2) is 0 Å². The SMILES string of the molecule is CC(CCC(=O)O)NC1CC2CCC(C1)N2C(=O)OC(C)(C)C. The number of hydrogen-bond acceptors (Lipinski definition) is 4. The first kappa shape index (κ1) is 18.0. The molecule has 0 aromatic heterocycles. The van der Waals surface area contributed by atoms with Crippen LogP contribution in [0.5, 0.6) is 0 Å². The van der Waals surface area contributed by atoms with Crippen LogP contribution in [0.2, 0.25) is 0 Å². The van der Waals surface area contributed by atoms with Gasteiger partial charge in [-0.15, -0.1) is 0 Å². The molecule has 0 radical (unpaired) electrons. The largest absolute Gasteiger partial charge is 0.481 e. The highest BCUT2D eigenvalue weighted by Gasteiger charge is 2.44. The lowest BCUT2D eigenvalue weighted by atomic mass is 9.96. The number of rotatable bonds is 5. The van der Waals surface area contributed by atoms with E-state index in [1.54, 1.807) is 0 Å². The van der Waals surface area contributed by atoms with Gasteiger partial charge in [-0.1, -0.05) is 0 Å². The van der Waals surface area contributed by atoms with Crippen LogP contribution >= 0.6 is 0 Å². The second kappa shape index (κ2) is 7.07. The molecule has 132 valence electrons. The fourth-order valence-corrected chi connectivity index (χ4v) is 3.75. The van der Waals surface area contributed by atoms with Gasteiger partial charge in [-0.25, -0.2) is 4.79 Å². The lowest BCUT2D eigenvalue weighted by Crippen LogP contribution is -2.53. The number of fused-ring (bicyclic) bond motifs is 2. The minimum absolute atomic E-state index is 0.184. The summed E-state index contributed by atoms with van der Waals surface area (Å²) in [5.74, 6) is -0.751. The van der Waals surface area contributed by atoms with Crippen LogP contribution in [0.4, 0.5) is 4.79 Å². The highest BCUT2D eigenvalue weighted by atomic mass is 16.6. The Labute approximate surface area is 138 Å². The zero-order valence-electron chi connectivity index (χ0n) is 14.7. The Morgan fingerprint density at radius 2 is 1.83 bits per heavy atom. The van der Waals surface area contributed by atoms with Gasteiger partial charge in [0.25, 0.3) is 0 Å². The zero-order valence-corrected chi connectivity index (χ0v) is 14.7. The molecule has 2 heterocycles. The Bertz CT molecular complexity index is 432. The molecule has 2 rings (SSSR count). The Balaban J connectivity index is 1.86. The third-order valence-corrected chi connectivity index (χ3v) is 4.65. The Morgan fingerprint density at radius 1 is 1.26 bits per heavy atom. The van der Waals surface area contributed by atoms with Crippen LogP contribution in [0.25, 0.3) is 0 Å². The fourth-order valence-electron chi connectivity index (χ4n) is 3.75. The predicted molar refractivity (Wildman–Crippen MR) is 87.4 cm³/mol. The van der Waals surface area contributed by atoms with Crippen molar-refractivity contribution in [3.8, 4) is 0 Å². The summed E-state index contributed by atoms with van der Waals surface area (Å²) in [6, 6.07) is 1.03. The van der Waals surface area contributed by atoms with E-state index < -0.39 is 11.6 Å². The first-order chi connectivity index (χ1) is 10.7. The highest BCUT2D eigenvalue weighted by Crippen LogP contribution is 2.37. The molecule has 2 fully saturated rings. The summed E-state index contributed by atoms with van der Waals surface area (Å²) in [6.07, 6.45) is 4.55. The molecule has 3 unspecified atom stereocenters. The van der Waals surface area contributed by atoms with Crippen LogP contribution in [-0.2, 0) is 9.53 Å². The summed E-state index contributed by atoms with van der Waals surface area (Å²) in [5.41, 5.74) is -0.461. The number of aliphatic carboxylic acids is 1. The maximum Gasteiger partial charge on any atom is 0.410 e. The zero-order chi connectivity index (χ0) is 17.2. The van der Waals surface area contributed by atoms with Gasteiger partial charge >= 0.3 is 12.1 Å². The van der Waals surface area contributed by atoms with Crippen molar-refractivity contribution < 1.29 is 19.4 Å². The van der Waals surface area contributed by atoms with Gasteiger partial charge in [-0.05, 0) is 59.8 Å². The van der Waals surface area contributed by atoms with Crippen molar-refractivity contribution in [1.82, 2.24) is 10.2 Å². The van der Waals surface area contributed by atoms with Gasteiger partial charge in [0.05, 0.1) is 0 Å². The van der Waals surface area contributed by atoms with E-state index in [4.69, 9.17) is 9.84 Å². The summed E-state index contributed by atoms with van der Waals surface area (Å²) >= 11 is 0. The number of nitrogens with zero attached hydrogens (tertiary/aromatic N) is 1. The second-order valence-corrected chi connectivity index (χ2v) is 7.94. The smallest absolute Gasteiger partial charge is 0.410 e.